The fraction of sp³-hybridized carbons (Fsp3) is 0.364. The monoisotopic (exact) mass is 452 g/mol. The molecule has 1 aromatic carbocycles. The smallest absolute Gasteiger partial charge is 0.326 e. The van der Waals surface area contributed by atoms with Crippen molar-refractivity contribution in [1.29, 1.82) is 0 Å². The average Bonchev–Trinajstić information content (AvgIpc) is 3.16. The largest absolute Gasteiger partial charge is 0.421 e. The summed E-state index contributed by atoms with van der Waals surface area (Å²) in [5.74, 6) is 0.896. The van der Waals surface area contributed by atoms with Gasteiger partial charge in [-0.05, 0) is 31.9 Å². The van der Waals surface area contributed by atoms with Gasteiger partial charge in [0.1, 0.15) is 23.4 Å². The molecule has 0 saturated carbocycles. The Morgan fingerprint density at radius 3 is 2.79 bits per heavy atom. The zero-order valence-electron chi connectivity index (χ0n) is 18.3. The number of ether oxygens (including phenoxy) is 1. The van der Waals surface area contributed by atoms with E-state index < -0.39 is 6.10 Å². The Kier molecular flexibility index (Phi) is 5.43. The van der Waals surface area contributed by atoms with Crippen LogP contribution in [0.5, 0.6) is 11.8 Å². The third-order valence-electron chi connectivity index (χ3n) is 5.74. The van der Waals surface area contributed by atoms with Gasteiger partial charge in [0.15, 0.2) is 11.6 Å². The van der Waals surface area contributed by atoms with Crippen LogP contribution in [0.4, 0.5) is 15.9 Å². The molecule has 1 saturated heterocycles. The van der Waals surface area contributed by atoms with E-state index in [1.54, 1.807) is 14.0 Å². The van der Waals surface area contributed by atoms with Gasteiger partial charge < -0.3 is 30.8 Å². The predicted octanol–water partition coefficient (Wildman–Crippen LogP) is 2.85. The minimum Gasteiger partial charge on any atom is -0.421 e. The van der Waals surface area contributed by atoms with E-state index >= 15 is 0 Å². The summed E-state index contributed by atoms with van der Waals surface area (Å²) >= 11 is 0. The molecular weight excluding hydrogens is 427 g/mol. The Hall–Kier alpha value is -3.57. The van der Waals surface area contributed by atoms with Crippen molar-refractivity contribution in [3.8, 4) is 11.8 Å². The van der Waals surface area contributed by atoms with Gasteiger partial charge >= 0.3 is 6.01 Å². The van der Waals surface area contributed by atoms with Crippen molar-refractivity contribution in [3.05, 3.63) is 36.2 Å². The van der Waals surface area contributed by atoms with E-state index in [-0.39, 0.29) is 17.9 Å². The summed E-state index contributed by atoms with van der Waals surface area (Å²) in [6.07, 6.45) is 4.00. The minimum absolute atomic E-state index is 0.0179. The second kappa shape index (κ2) is 8.41. The normalized spacial score (nSPS) is 17.5. The standard InChI is InChI=1S/C22H25FN8O2/c1-11(32)19-26-8-14(9-27-19)33-22-29-20-17(21(30-22)31-5-3-4-13(24)10-31)15-6-12(23)7-16(25-2)18(15)28-20/h6-9,11,13,25,32H,3-5,10,24H2,1-2H3,(H,28,29,30)/t11-,13-/m1/s1. The summed E-state index contributed by atoms with van der Waals surface area (Å²) in [5.41, 5.74) is 8.10. The first-order valence-corrected chi connectivity index (χ1v) is 10.8. The summed E-state index contributed by atoms with van der Waals surface area (Å²) < 4.78 is 20.3. The van der Waals surface area contributed by atoms with Crippen molar-refractivity contribution < 1.29 is 14.2 Å². The number of benzene rings is 1. The number of nitrogens with two attached hydrogens (primary N) is 1. The van der Waals surface area contributed by atoms with Gasteiger partial charge in [-0.2, -0.15) is 9.97 Å². The van der Waals surface area contributed by atoms with Crippen LogP contribution in [0.3, 0.4) is 0 Å². The third kappa shape index (κ3) is 4.00. The van der Waals surface area contributed by atoms with Crippen LogP contribution in [0.25, 0.3) is 21.9 Å². The maximum Gasteiger partial charge on any atom is 0.326 e. The number of anilines is 2. The molecule has 1 aliphatic heterocycles. The first-order valence-electron chi connectivity index (χ1n) is 10.8. The van der Waals surface area contributed by atoms with Crippen LogP contribution in [-0.2, 0) is 0 Å². The molecule has 0 radical (unpaired) electrons. The van der Waals surface area contributed by atoms with E-state index in [0.717, 1.165) is 24.9 Å². The first kappa shape index (κ1) is 21.3. The van der Waals surface area contributed by atoms with Gasteiger partial charge in [0.25, 0.3) is 0 Å². The molecule has 1 fully saturated rings. The molecule has 33 heavy (non-hydrogen) atoms. The molecular formula is C22H25FN8O2. The average molecular weight is 452 g/mol. The van der Waals surface area contributed by atoms with E-state index in [2.05, 4.69) is 35.1 Å². The molecule has 172 valence electrons. The minimum atomic E-state index is -0.783. The Morgan fingerprint density at radius 1 is 1.30 bits per heavy atom. The lowest BCUT2D eigenvalue weighted by molar-refractivity contribution is 0.188. The Labute approximate surface area is 189 Å². The van der Waals surface area contributed by atoms with Gasteiger partial charge in [-0.3, -0.25) is 0 Å². The number of aromatic nitrogens is 5. The molecule has 0 aliphatic carbocycles. The Morgan fingerprint density at radius 2 is 2.09 bits per heavy atom. The molecule has 0 amide bonds. The molecule has 5 rings (SSSR count). The van der Waals surface area contributed by atoms with Crippen molar-refractivity contribution in [1.82, 2.24) is 24.9 Å². The molecule has 3 aromatic heterocycles. The zero-order chi connectivity index (χ0) is 23.1. The zero-order valence-corrected chi connectivity index (χ0v) is 18.3. The lowest BCUT2D eigenvalue weighted by Gasteiger charge is -2.32. The lowest BCUT2D eigenvalue weighted by Crippen LogP contribution is -2.43. The van der Waals surface area contributed by atoms with Crippen LogP contribution in [-0.4, -0.2) is 56.2 Å². The molecule has 4 heterocycles. The fourth-order valence-corrected chi connectivity index (χ4v) is 4.20. The highest BCUT2D eigenvalue weighted by Gasteiger charge is 2.25. The highest BCUT2D eigenvalue weighted by atomic mass is 19.1. The van der Waals surface area contributed by atoms with Crippen LogP contribution < -0.4 is 20.7 Å². The number of rotatable bonds is 5. The first-order chi connectivity index (χ1) is 15.9. The van der Waals surface area contributed by atoms with Crippen LogP contribution in [0.2, 0.25) is 0 Å². The molecule has 4 aromatic rings. The maximum absolute atomic E-state index is 14.4. The molecule has 0 spiro atoms. The number of nitrogens with one attached hydrogen (secondary N) is 2. The van der Waals surface area contributed by atoms with Crippen LogP contribution in [0.15, 0.2) is 24.5 Å². The number of fused-ring (bicyclic) bond motifs is 3. The molecule has 2 atom stereocenters. The summed E-state index contributed by atoms with van der Waals surface area (Å²) in [6.45, 7) is 2.98. The van der Waals surface area contributed by atoms with Crippen molar-refractivity contribution in [2.75, 3.05) is 30.4 Å². The predicted molar refractivity (Wildman–Crippen MR) is 123 cm³/mol. The second-order valence-corrected chi connectivity index (χ2v) is 8.21. The van der Waals surface area contributed by atoms with E-state index in [1.807, 2.05) is 0 Å². The molecule has 1 aliphatic rings. The molecule has 5 N–H and O–H groups in total. The van der Waals surface area contributed by atoms with Gasteiger partial charge in [-0.25, -0.2) is 14.4 Å². The lowest BCUT2D eigenvalue weighted by atomic mass is 10.1. The van der Waals surface area contributed by atoms with Gasteiger partial charge in [-0.1, -0.05) is 0 Å². The van der Waals surface area contributed by atoms with E-state index in [0.29, 0.717) is 46.0 Å². The number of hydrogen-bond donors (Lipinski definition) is 4. The molecule has 0 unspecified atom stereocenters. The van der Waals surface area contributed by atoms with Gasteiger partial charge in [0.05, 0.1) is 29.0 Å². The van der Waals surface area contributed by atoms with Crippen molar-refractivity contribution >= 4 is 33.4 Å². The summed E-state index contributed by atoms with van der Waals surface area (Å²) in [4.78, 5) is 22.8. The number of hydrogen-bond acceptors (Lipinski definition) is 9. The number of aliphatic hydroxyl groups is 1. The molecule has 0 bridgehead atoms. The summed E-state index contributed by atoms with van der Waals surface area (Å²) in [7, 11) is 1.74. The van der Waals surface area contributed by atoms with Crippen LogP contribution in [0, 0.1) is 5.82 Å². The molecule has 10 nitrogen and oxygen atoms in total. The van der Waals surface area contributed by atoms with E-state index in [1.165, 1.54) is 24.5 Å². The number of nitrogens with zero attached hydrogens (tertiary/aromatic N) is 5. The number of aliphatic hydroxyl groups excluding tert-OH is 1. The SMILES string of the molecule is CNc1cc(F)cc2c1[nH]c1nc(Oc3cnc([C@@H](C)O)nc3)nc(N3CCC[C@@H](N)C3)c12. The number of aromatic amines is 1. The summed E-state index contributed by atoms with van der Waals surface area (Å²) in [6, 6.07) is 3.03. The maximum atomic E-state index is 14.4. The number of piperidine rings is 1. The van der Waals surface area contributed by atoms with Crippen molar-refractivity contribution in [3.63, 3.8) is 0 Å². The van der Waals surface area contributed by atoms with Crippen molar-refractivity contribution in [2.24, 2.45) is 5.73 Å². The van der Waals surface area contributed by atoms with E-state index in [9.17, 15) is 9.50 Å². The Balaban J connectivity index is 1.65. The number of halogens is 1. The third-order valence-corrected chi connectivity index (χ3v) is 5.74. The van der Waals surface area contributed by atoms with Crippen LogP contribution >= 0.6 is 0 Å². The van der Waals surface area contributed by atoms with Crippen LogP contribution in [0.1, 0.15) is 31.7 Å². The number of H-pyrrole nitrogens is 1. The topological polar surface area (TPSA) is 138 Å². The highest BCUT2D eigenvalue weighted by Crippen LogP contribution is 2.37. The summed E-state index contributed by atoms with van der Waals surface area (Å²) in [5, 5.41) is 14.0. The van der Waals surface area contributed by atoms with Gasteiger partial charge in [0, 0.05) is 31.6 Å². The van der Waals surface area contributed by atoms with Crippen molar-refractivity contribution in [2.45, 2.75) is 31.9 Å². The highest BCUT2D eigenvalue weighted by molar-refractivity contribution is 6.14. The van der Waals surface area contributed by atoms with E-state index in [4.69, 9.17) is 10.5 Å². The quantitative estimate of drug-likeness (QED) is 0.360. The van der Waals surface area contributed by atoms with Gasteiger partial charge in [-0.15, -0.1) is 0 Å². The Bertz CT molecular complexity index is 1310. The van der Waals surface area contributed by atoms with Gasteiger partial charge in [0.2, 0.25) is 0 Å². The second-order valence-electron chi connectivity index (χ2n) is 8.21. The molecule has 11 heteroatoms. The fourth-order valence-electron chi connectivity index (χ4n) is 4.20.